The summed E-state index contributed by atoms with van der Waals surface area (Å²) < 4.78 is 42.6. The van der Waals surface area contributed by atoms with Gasteiger partial charge in [-0.05, 0) is 50.2 Å². The smallest absolute Gasteiger partial charge is 0.322 e. The average molecular weight is 488 g/mol. The van der Waals surface area contributed by atoms with Crippen molar-refractivity contribution in [1.29, 1.82) is 0 Å². The summed E-state index contributed by atoms with van der Waals surface area (Å²) in [4.78, 5) is 34.4. The van der Waals surface area contributed by atoms with Gasteiger partial charge in [0.05, 0.1) is 16.8 Å². The SMILES string of the molecule is CC(C)n1cnc2nc(CSc3ccc(NC(=O)c4ccccc4C(F)(F)F)cc3)cc(=O)n21. The number of nitrogens with one attached hydrogen (secondary N) is 1. The quantitative estimate of drug-likeness (QED) is 0.386. The number of halogens is 3. The van der Waals surface area contributed by atoms with E-state index in [9.17, 15) is 22.8 Å². The molecule has 2 aromatic carbocycles. The summed E-state index contributed by atoms with van der Waals surface area (Å²) >= 11 is 1.43. The van der Waals surface area contributed by atoms with Crippen molar-refractivity contribution in [3.8, 4) is 0 Å². The number of alkyl halides is 3. The zero-order valence-corrected chi connectivity index (χ0v) is 19.0. The van der Waals surface area contributed by atoms with E-state index >= 15 is 0 Å². The van der Waals surface area contributed by atoms with E-state index in [4.69, 9.17) is 0 Å². The fraction of sp³-hybridized carbons (Fsp3) is 0.217. The summed E-state index contributed by atoms with van der Waals surface area (Å²) in [6.07, 6.45) is -3.05. The fourth-order valence-electron chi connectivity index (χ4n) is 3.33. The van der Waals surface area contributed by atoms with Crippen LogP contribution >= 0.6 is 11.8 Å². The Morgan fingerprint density at radius 3 is 2.50 bits per heavy atom. The normalized spacial score (nSPS) is 11.8. The number of carbonyl (C=O) groups is 1. The number of thioether (sulfide) groups is 1. The number of aromatic nitrogens is 4. The molecule has 176 valence electrons. The van der Waals surface area contributed by atoms with Crippen molar-refractivity contribution >= 4 is 29.1 Å². The third-order valence-electron chi connectivity index (χ3n) is 4.96. The van der Waals surface area contributed by atoms with Gasteiger partial charge in [0.15, 0.2) is 0 Å². The van der Waals surface area contributed by atoms with Crippen LogP contribution in [-0.4, -0.2) is 25.1 Å². The van der Waals surface area contributed by atoms with Crippen molar-refractivity contribution in [2.45, 2.75) is 36.7 Å². The molecule has 0 bridgehead atoms. The number of nitrogens with zero attached hydrogens (tertiary/aromatic N) is 4. The molecule has 34 heavy (non-hydrogen) atoms. The maximum absolute atomic E-state index is 13.2. The van der Waals surface area contributed by atoms with Crippen LogP contribution in [0.5, 0.6) is 0 Å². The van der Waals surface area contributed by atoms with Crippen LogP contribution in [0.2, 0.25) is 0 Å². The van der Waals surface area contributed by atoms with E-state index in [2.05, 4.69) is 15.3 Å². The van der Waals surface area contributed by atoms with E-state index < -0.39 is 23.2 Å². The number of hydrogen-bond donors (Lipinski definition) is 1. The largest absolute Gasteiger partial charge is 0.417 e. The van der Waals surface area contributed by atoms with Gasteiger partial charge in [0.25, 0.3) is 17.2 Å². The van der Waals surface area contributed by atoms with Crippen molar-refractivity contribution in [3.05, 3.63) is 88.1 Å². The van der Waals surface area contributed by atoms with Crippen LogP contribution in [0.3, 0.4) is 0 Å². The number of hydrogen-bond acceptors (Lipinski definition) is 5. The minimum Gasteiger partial charge on any atom is -0.322 e. The van der Waals surface area contributed by atoms with Crippen molar-refractivity contribution in [3.63, 3.8) is 0 Å². The Labute approximate surface area is 196 Å². The van der Waals surface area contributed by atoms with Gasteiger partial charge >= 0.3 is 6.18 Å². The Morgan fingerprint density at radius 2 is 1.82 bits per heavy atom. The molecule has 7 nitrogen and oxygen atoms in total. The van der Waals surface area contributed by atoms with Gasteiger partial charge in [0.1, 0.15) is 6.33 Å². The zero-order chi connectivity index (χ0) is 24.5. The van der Waals surface area contributed by atoms with Crippen LogP contribution in [-0.2, 0) is 11.9 Å². The molecule has 0 saturated heterocycles. The fourth-order valence-corrected chi connectivity index (χ4v) is 4.12. The molecule has 0 radical (unpaired) electrons. The van der Waals surface area contributed by atoms with Crippen molar-refractivity contribution < 1.29 is 18.0 Å². The van der Waals surface area contributed by atoms with Crippen LogP contribution in [0, 0.1) is 0 Å². The third kappa shape index (κ3) is 4.98. The lowest BCUT2D eigenvalue weighted by molar-refractivity contribution is -0.137. The second-order valence-corrected chi connectivity index (χ2v) is 8.78. The number of carbonyl (C=O) groups excluding carboxylic acids is 1. The lowest BCUT2D eigenvalue weighted by Crippen LogP contribution is -2.22. The molecule has 11 heteroatoms. The second kappa shape index (κ2) is 9.34. The minimum atomic E-state index is -4.62. The molecule has 4 aromatic rings. The lowest BCUT2D eigenvalue weighted by Gasteiger charge is -2.13. The molecule has 0 aliphatic rings. The number of benzene rings is 2. The van der Waals surface area contributed by atoms with E-state index in [1.807, 2.05) is 13.8 Å². The molecule has 1 amide bonds. The summed E-state index contributed by atoms with van der Waals surface area (Å²) in [6.45, 7) is 3.89. The summed E-state index contributed by atoms with van der Waals surface area (Å²) in [5.74, 6) is -0.0913. The molecule has 2 aromatic heterocycles. The van der Waals surface area contributed by atoms with Gasteiger partial charge in [0, 0.05) is 28.4 Å². The van der Waals surface area contributed by atoms with Crippen LogP contribution in [0.15, 0.2) is 70.6 Å². The molecule has 0 atom stereocenters. The molecule has 0 fully saturated rings. The Hall–Kier alpha value is -3.60. The van der Waals surface area contributed by atoms with Gasteiger partial charge < -0.3 is 5.32 Å². The molecule has 4 rings (SSSR count). The number of fused-ring (bicyclic) bond motifs is 1. The van der Waals surface area contributed by atoms with Crippen molar-refractivity contribution in [2.24, 2.45) is 0 Å². The molecule has 0 unspecified atom stereocenters. The van der Waals surface area contributed by atoms with Gasteiger partial charge in [0.2, 0.25) is 0 Å². The Bertz CT molecular complexity index is 1390. The predicted molar refractivity (Wildman–Crippen MR) is 123 cm³/mol. The Morgan fingerprint density at radius 1 is 1.12 bits per heavy atom. The van der Waals surface area contributed by atoms with Crippen LogP contribution in [0.4, 0.5) is 18.9 Å². The van der Waals surface area contributed by atoms with Crippen LogP contribution < -0.4 is 10.9 Å². The average Bonchev–Trinajstić information content (AvgIpc) is 3.23. The lowest BCUT2D eigenvalue weighted by atomic mass is 10.1. The van der Waals surface area contributed by atoms with E-state index in [-0.39, 0.29) is 11.6 Å². The summed E-state index contributed by atoms with van der Waals surface area (Å²) in [6, 6.07) is 12.8. The Balaban J connectivity index is 1.43. The van der Waals surface area contributed by atoms with Gasteiger partial charge in [-0.15, -0.1) is 11.8 Å². The van der Waals surface area contributed by atoms with E-state index in [1.165, 1.54) is 34.5 Å². The van der Waals surface area contributed by atoms with Gasteiger partial charge in [-0.25, -0.2) is 4.98 Å². The molecule has 2 heterocycles. The summed E-state index contributed by atoms with van der Waals surface area (Å²) in [5, 5.41) is 2.50. The molecular formula is C23H20F3N5O2S. The van der Waals surface area contributed by atoms with Gasteiger partial charge in [-0.1, -0.05) is 12.1 Å². The Kier molecular flexibility index (Phi) is 6.47. The summed E-state index contributed by atoms with van der Waals surface area (Å²) in [5.41, 5.74) is -0.711. The van der Waals surface area contributed by atoms with E-state index in [0.29, 0.717) is 22.9 Å². The first kappa shape index (κ1) is 23.6. The predicted octanol–water partition coefficient (Wildman–Crippen LogP) is 5.04. The maximum Gasteiger partial charge on any atom is 0.417 e. The first-order chi connectivity index (χ1) is 16.1. The van der Waals surface area contributed by atoms with Gasteiger partial charge in [-0.2, -0.15) is 22.7 Å². The highest BCUT2D eigenvalue weighted by molar-refractivity contribution is 7.98. The van der Waals surface area contributed by atoms with E-state index in [0.717, 1.165) is 17.0 Å². The molecule has 1 N–H and O–H groups in total. The number of rotatable bonds is 6. The molecule has 0 aliphatic heterocycles. The van der Waals surface area contributed by atoms with Crippen LogP contribution in [0.25, 0.3) is 5.78 Å². The van der Waals surface area contributed by atoms with Crippen molar-refractivity contribution in [1.82, 2.24) is 19.2 Å². The van der Waals surface area contributed by atoms with Gasteiger partial charge in [-0.3, -0.25) is 14.3 Å². The second-order valence-electron chi connectivity index (χ2n) is 7.73. The zero-order valence-electron chi connectivity index (χ0n) is 18.2. The van der Waals surface area contributed by atoms with Crippen LogP contribution in [0.1, 0.15) is 41.5 Å². The molecular weight excluding hydrogens is 467 g/mol. The monoisotopic (exact) mass is 487 g/mol. The molecule has 0 spiro atoms. The highest BCUT2D eigenvalue weighted by Crippen LogP contribution is 2.32. The highest BCUT2D eigenvalue weighted by atomic mass is 32.2. The van der Waals surface area contributed by atoms with E-state index in [1.54, 1.807) is 35.3 Å². The first-order valence-electron chi connectivity index (χ1n) is 10.3. The minimum absolute atomic E-state index is 0.0608. The highest BCUT2D eigenvalue weighted by Gasteiger charge is 2.34. The van der Waals surface area contributed by atoms with Crippen molar-refractivity contribution in [2.75, 3.05) is 5.32 Å². The molecule has 0 aliphatic carbocycles. The number of amides is 1. The maximum atomic E-state index is 13.2. The molecule has 0 saturated carbocycles. The topological polar surface area (TPSA) is 81.3 Å². The third-order valence-corrected chi connectivity index (χ3v) is 6.01. The summed E-state index contributed by atoms with van der Waals surface area (Å²) in [7, 11) is 0. The first-order valence-corrected chi connectivity index (χ1v) is 11.3. The number of anilines is 1. The standard InChI is InChI=1S/C23H20F3N5O2S/c1-14(2)30-13-27-22-29-16(11-20(32)31(22)30)12-34-17-9-7-15(8-10-17)28-21(33)18-5-3-4-6-19(18)23(24,25)26/h3-11,13-14H,12H2,1-2H3,(H,28,33).